The number of carbonyl (C=O) groups is 1. The Hall–Kier alpha value is -2.15. The fourth-order valence-electron chi connectivity index (χ4n) is 1.87. The Morgan fingerprint density at radius 1 is 1.27 bits per heavy atom. The molecule has 0 bridgehead atoms. The molecule has 2 rings (SSSR count). The molecule has 0 saturated heterocycles. The van der Waals surface area contributed by atoms with Crippen molar-refractivity contribution in [2.75, 3.05) is 6.26 Å². The van der Waals surface area contributed by atoms with E-state index in [1.165, 1.54) is 6.92 Å². The second-order valence-corrected chi connectivity index (χ2v) is 7.58. The number of benzene rings is 1. The molecule has 0 unspecified atom stereocenters. The lowest BCUT2D eigenvalue weighted by Gasteiger charge is -2.11. The van der Waals surface area contributed by atoms with Crippen LogP contribution < -0.4 is 5.32 Å². The molecule has 6 nitrogen and oxygen atoms in total. The second kappa shape index (κ2) is 6.74. The molecule has 1 aromatic heterocycles. The van der Waals surface area contributed by atoms with Crippen LogP contribution in [0.2, 0.25) is 0 Å². The number of nitrogens with one attached hydrogen (secondary N) is 1. The first kappa shape index (κ1) is 16.2. The van der Waals surface area contributed by atoms with Gasteiger partial charge < -0.3 is 5.32 Å². The van der Waals surface area contributed by atoms with E-state index in [0.29, 0.717) is 13.1 Å². The van der Waals surface area contributed by atoms with E-state index in [0.717, 1.165) is 17.4 Å². The summed E-state index contributed by atoms with van der Waals surface area (Å²) in [5, 5.41) is 5.74. The van der Waals surface area contributed by atoms with Crippen LogP contribution in [0.3, 0.4) is 0 Å². The minimum atomic E-state index is -3.36. The van der Waals surface area contributed by atoms with Crippen LogP contribution in [0.5, 0.6) is 0 Å². The number of carbonyl (C=O) groups excluding carboxylic acids is 1. The Labute approximate surface area is 130 Å². The number of sulfone groups is 1. The monoisotopic (exact) mass is 321 g/mol. The first-order chi connectivity index (χ1) is 10.4. The van der Waals surface area contributed by atoms with E-state index >= 15 is 0 Å². The molecule has 1 amide bonds. The van der Waals surface area contributed by atoms with Crippen molar-refractivity contribution < 1.29 is 13.2 Å². The van der Waals surface area contributed by atoms with Crippen molar-refractivity contribution in [2.24, 2.45) is 0 Å². The zero-order valence-electron chi connectivity index (χ0n) is 12.6. The maximum absolute atomic E-state index is 11.7. The molecule has 1 heterocycles. The van der Waals surface area contributed by atoms with Gasteiger partial charge in [-0.2, -0.15) is 5.10 Å². The van der Waals surface area contributed by atoms with Crippen molar-refractivity contribution in [2.45, 2.75) is 25.3 Å². The number of nitrogens with zero attached hydrogens (tertiary/aromatic N) is 2. The summed E-state index contributed by atoms with van der Waals surface area (Å²) in [4.78, 5) is 11.7. The molecular weight excluding hydrogens is 302 g/mol. The second-order valence-electron chi connectivity index (χ2n) is 5.21. The van der Waals surface area contributed by atoms with Gasteiger partial charge in [-0.1, -0.05) is 24.3 Å². The van der Waals surface area contributed by atoms with Gasteiger partial charge in [-0.3, -0.25) is 9.48 Å². The van der Waals surface area contributed by atoms with E-state index in [1.54, 1.807) is 6.20 Å². The molecule has 7 heteroatoms. The lowest BCUT2D eigenvalue weighted by molar-refractivity contribution is -0.120. The first-order valence-corrected chi connectivity index (χ1v) is 8.83. The average Bonchev–Trinajstić information content (AvgIpc) is 2.97. The molecular formula is C15H19N3O3S. The van der Waals surface area contributed by atoms with E-state index in [1.807, 2.05) is 41.2 Å². The molecule has 0 aliphatic rings. The highest BCUT2D eigenvalue weighted by Crippen LogP contribution is 2.06. The molecule has 0 radical (unpaired) electrons. The van der Waals surface area contributed by atoms with Gasteiger partial charge in [0.2, 0.25) is 5.91 Å². The topological polar surface area (TPSA) is 81.1 Å². The fraction of sp³-hybridized carbons (Fsp3) is 0.333. The highest BCUT2D eigenvalue weighted by molar-refractivity contribution is 7.92. The molecule has 0 fully saturated rings. The zero-order chi connectivity index (χ0) is 16.2. The van der Waals surface area contributed by atoms with E-state index in [9.17, 15) is 13.2 Å². The SMILES string of the molecule is C[C@H](C(=O)NCc1ccc(Cn2cccn2)cc1)S(C)(=O)=O. The lowest BCUT2D eigenvalue weighted by Crippen LogP contribution is -2.36. The van der Waals surface area contributed by atoms with Gasteiger partial charge in [-0.05, 0) is 24.1 Å². The van der Waals surface area contributed by atoms with Gasteiger partial charge in [0.05, 0.1) is 6.54 Å². The van der Waals surface area contributed by atoms with Crippen LogP contribution in [0.4, 0.5) is 0 Å². The highest BCUT2D eigenvalue weighted by Gasteiger charge is 2.22. The lowest BCUT2D eigenvalue weighted by atomic mass is 10.1. The Morgan fingerprint density at radius 2 is 1.91 bits per heavy atom. The molecule has 1 atom stereocenters. The molecule has 1 aromatic carbocycles. The van der Waals surface area contributed by atoms with Gasteiger partial charge in [-0.25, -0.2) is 8.42 Å². The molecule has 0 saturated carbocycles. The predicted molar refractivity (Wildman–Crippen MR) is 83.9 cm³/mol. The molecule has 0 aliphatic heterocycles. The highest BCUT2D eigenvalue weighted by atomic mass is 32.2. The van der Waals surface area contributed by atoms with E-state index in [-0.39, 0.29) is 0 Å². The van der Waals surface area contributed by atoms with Crippen molar-refractivity contribution in [3.63, 3.8) is 0 Å². The van der Waals surface area contributed by atoms with Gasteiger partial charge >= 0.3 is 0 Å². The minimum absolute atomic E-state index is 0.306. The van der Waals surface area contributed by atoms with Crippen LogP contribution in [0, 0.1) is 0 Å². The van der Waals surface area contributed by atoms with Gasteiger partial charge in [0.15, 0.2) is 9.84 Å². The van der Waals surface area contributed by atoms with Crippen LogP contribution in [0.1, 0.15) is 18.1 Å². The first-order valence-electron chi connectivity index (χ1n) is 6.88. The summed E-state index contributed by atoms with van der Waals surface area (Å²) in [6, 6.07) is 9.60. The smallest absolute Gasteiger partial charge is 0.238 e. The third-order valence-electron chi connectivity index (χ3n) is 3.40. The fourth-order valence-corrected chi connectivity index (χ4v) is 2.34. The number of hydrogen-bond donors (Lipinski definition) is 1. The summed E-state index contributed by atoms with van der Waals surface area (Å²) >= 11 is 0. The maximum Gasteiger partial charge on any atom is 0.238 e. The Balaban J connectivity index is 1.90. The molecule has 0 spiro atoms. The van der Waals surface area contributed by atoms with Crippen LogP contribution >= 0.6 is 0 Å². The van der Waals surface area contributed by atoms with E-state index < -0.39 is 21.0 Å². The number of aromatic nitrogens is 2. The number of amides is 1. The van der Waals surface area contributed by atoms with Crippen LogP contribution in [-0.4, -0.2) is 35.6 Å². The average molecular weight is 321 g/mol. The zero-order valence-corrected chi connectivity index (χ0v) is 13.4. The van der Waals surface area contributed by atoms with Crippen molar-refractivity contribution in [3.8, 4) is 0 Å². The van der Waals surface area contributed by atoms with Crippen LogP contribution in [0.15, 0.2) is 42.7 Å². The standard InChI is InChI=1S/C15H19N3O3S/c1-12(22(2,20)21)15(19)16-10-13-4-6-14(7-5-13)11-18-9-3-8-17-18/h3-9,12H,10-11H2,1-2H3,(H,16,19)/t12-/m1/s1. The molecule has 1 N–H and O–H groups in total. The number of hydrogen-bond acceptors (Lipinski definition) is 4. The van der Waals surface area contributed by atoms with Crippen molar-refractivity contribution in [3.05, 3.63) is 53.9 Å². The van der Waals surface area contributed by atoms with Crippen LogP contribution in [0.25, 0.3) is 0 Å². The normalized spacial score (nSPS) is 12.8. The van der Waals surface area contributed by atoms with Gasteiger partial charge in [0, 0.05) is 25.2 Å². The Kier molecular flexibility index (Phi) is 4.97. The van der Waals surface area contributed by atoms with E-state index in [4.69, 9.17) is 0 Å². The van der Waals surface area contributed by atoms with Crippen LogP contribution in [-0.2, 0) is 27.7 Å². The Bertz CT molecular complexity index is 722. The summed E-state index contributed by atoms with van der Waals surface area (Å²) in [5.74, 6) is -0.483. The third-order valence-corrected chi connectivity index (χ3v) is 4.90. The van der Waals surface area contributed by atoms with Gasteiger partial charge in [0.25, 0.3) is 0 Å². The molecule has 2 aromatic rings. The third kappa shape index (κ3) is 4.42. The summed E-state index contributed by atoms with van der Waals surface area (Å²) in [6.45, 7) is 2.38. The Morgan fingerprint density at radius 3 is 2.45 bits per heavy atom. The number of rotatable bonds is 6. The summed E-state index contributed by atoms with van der Waals surface area (Å²) in [7, 11) is -3.36. The maximum atomic E-state index is 11.7. The van der Waals surface area contributed by atoms with E-state index in [2.05, 4.69) is 10.4 Å². The predicted octanol–water partition coefficient (Wildman–Crippen LogP) is 0.981. The quantitative estimate of drug-likeness (QED) is 0.860. The van der Waals surface area contributed by atoms with Crippen molar-refractivity contribution in [1.82, 2.24) is 15.1 Å². The summed E-state index contributed by atoms with van der Waals surface area (Å²) in [5.41, 5.74) is 2.02. The largest absolute Gasteiger partial charge is 0.351 e. The summed E-state index contributed by atoms with van der Waals surface area (Å²) < 4.78 is 24.4. The van der Waals surface area contributed by atoms with Crippen molar-refractivity contribution in [1.29, 1.82) is 0 Å². The summed E-state index contributed by atoms with van der Waals surface area (Å²) in [6.07, 6.45) is 4.68. The molecule has 118 valence electrons. The molecule has 0 aliphatic carbocycles. The molecule has 22 heavy (non-hydrogen) atoms. The minimum Gasteiger partial charge on any atom is -0.351 e. The van der Waals surface area contributed by atoms with Gasteiger partial charge in [-0.15, -0.1) is 0 Å². The van der Waals surface area contributed by atoms with Crippen molar-refractivity contribution >= 4 is 15.7 Å². The van der Waals surface area contributed by atoms with Gasteiger partial charge in [0.1, 0.15) is 5.25 Å².